The SMILES string of the molecule is CC(C)(C)[Si](C)(C)OC(C(=O)c1ccccc1)[C@H]1O[C@@H](n2ccc(N)nc2=O)C[C@@H]1NC(c1ccccc1)(c1ccccc1)c1ccccc1. The van der Waals surface area contributed by atoms with Crippen LogP contribution in [0.4, 0.5) is 5.82 Å². The van der Waals surface area contributed by atoms with Gasteiger partial charge in [0.05, 0.1) is 5.54 Å². The molecular formula is C41H46N4O4Si. The molecule has 5 aromatic rings. The molecule has 2 heterocycles. The zero-order valence-corrected chi connectivity index (χ0v) is 30.3. The van der Waals surface area contributed by atoms with E-state index in [9.17, 15) is 9.59 Å². The fourth-order valence-electron chi connectivity index (χ4n) is 6.55. The third-order valence-corrected chi connectivity index (χ3v) is 14.6. The normalized spacial score (nSPS) is 18.9. The lowest BCUT2D eigenvalue weighted by molar-refractivity contribution is -0.0521. The Morgan fingerprint density at radius 3 is 1.78 bits per heavy atom. The molecule has 1 fully saturated rings. The van der Waals surface area contributed by atoms with Crippen LogP contribution in [-0.2, 0) is 14.7 Å². The zero-order valence-electron chi connectivity index (χ0n) is 29.3. The number of benzene rings is 4. The van der Waals surface area contributed by atoms with Gasteiger partial charge in [0.15, 0.2) is 14.1 Å². The van der Waals surface area contributed by atoms with Gasteiger partial charge in [-0.2, -0.15) is 4.98 Å². The minimum atomic E-state index is -2.56. The van der Waals surface area contributed by atoms with Crippen LogP contribution in [0, 0.1) is 0 Å². The lowest BCUT2D eigenvalue weighted by Gasteiger charge is -2.43. The predicted molar refractivity (Wildman–Crippen MR) is 200 cm³/mol. The molecular weight excluding hydrogens is 641 g/mol. The Bertz CT molecular complexity index is 1850. The predicted octanol–water partition coefficient (Wildman–Crippen LogP) is 7.34. The van der Waals surface area contributed by atoms with Crippen molar-refractivity contribution in [3.63, 3.8) is 0 Å². The van der Waals surface area contributed by atoms with E-state index in [4.69, 9.17) is 14.9 Å². The minimum absolute atomic E-state index is 0.130. The van der Waals surface area contributed by atoms with Gasteiger partial charge in [0.2, 0.25) is 0 Å². The molecule has 1 aliphatic rings. The topological polar surface area (TPSA) is 108 Å². The molecule has 6 rings (SSSR count). The molecule has 0 radical (unpaired) electrons. The molecule has 0 bridgehead atoms. The van der Waals surface area contributed by atoms with Crippen LogP contribution < -0.4 is 16.7 Å². The lowest BCUT2D eigenvalue weighted by Crippen LogP contribution is -2.58. The summed E-state index contributed by atoms with van der Waals surface area (Å²) in [6.07, 6.45) is -0.549. The summed E-state index contributed by atoms with van der Waals surface area (Å²) in [6.45, 7) is 10.7. The zero-order chi connectivity index (χ0) is 35.5. The van der Waals surface area contributed by atoms with Crippen molar-refractivity contribution in [1.29, 1.82) is 0 Å². The Hall–Kier alpha value is -4.67. The summed E-state index contributed by atoms with van der Waals surface area (Å²) in [5.41, 5.74) is 8.08. The average molecular weight is 687 g/mol. The highest BCUT2D eigenvalue weighted by Gasteiger charge is 2.51. The molecule has 4 aromatic carbocycles. The van der Waals surface area contributed by atoms with E-state index in [0.717, 1.165) is 16.7 Å². The number of ether oxygens (including phenoxy) is 1. The van der Waals surface area contributed by atoms with E-state index in [0.29, 0.717) is 12.0 Å². The maximum atomic E-state index is 14.7. The van der Waals surface area contributed by atoms with Crippen molar-refractivity contribution >= 4 is 19.9 Å². The Kier molecular flexibility index (Phi) is 10.0. The minimum Gasteiger partial charge on any atom is -0.404 e. The van der Waals surface area contributed by atoms with Crippen LogP contribution in [-0.4, -0.2) is 41.9 Å². The van der Waals surface area contributed by atoms with E-state index in [1.807, 2.05) is 84.9 Å². The first kappa shape index (κ1) is 35.2. The second kappa shape index (κ2) is 14.3. The van der Waals surface area contributed by atoms with Gasteiger partial charge in [-0.1, -0.05) is 142 Å². The van der Waals surface area contributed by atoms with E-state index in [1.54, 1.807) is 12.3 Å². The van der Waals surface area contributed by atoms with Gasteiger partial charge >= 0.3 is 5.69 Å². The highest BCUT2D eigenvalue weighted by molar-refractivity contribution is 6.74. The van der Waals surface area contributed by atoms with Crippen molar-refractivity contribution < 1.29 is 14.0 Å². The quantitative estimate of drug-likeness (QED) is 0.0851. The number of Topliss-reactive ketones (excluding diaryl/α,β-unsaturated/α-hetero) is 1. The number of rotatable bonds is 11. The third kappa shape index (κ3) is 7.00. The number of carbonyl (C=O) groups is 1. The summed E-state index contributed by atoms with van der Waals surface area (Å²) in [4.78, 5) is 32.0. The van der Waals surface area contributed by atoms with Gasteiger partial charge in [0.1, 0.15) is 24.3 Å². The molecule has 1 aromatic heterocycles. The molecule has 3 N–H and O–H groups in total. The number of hydrogen-bond acceptors (Lipinski definition) is 7. The fraction of sp³-hybridized carbons (Fsp3) is 0.293. The smallest absolute Gasteiger partial charge is 0.351 e. The van der Waals surface area contributed by atoms with Gasteiger partial charge in [-0.15, -0.1) is 0 Å². The van der Waals surface area contributed by atoms with Crippen LogP contribution in [0.25, 0.3) is 0 Å². The van der Waals surface area contributed by atoms with Crippen molar-refractivity contribution in [2.45, 2.75) is 75.3 Å². The summed E-state index contributed by atoms with van der Waals surface area (Å²) in [5.74, 6) is -0.0366. The van der Waals surface area contributed by atoms with Gasteiger partial charge in [0.25, 0.3) is 0 Å². The van der Waals surface area contributed by atoms with Crippen LogP contribution in [0.1, 0.15) is 60.5 Å². The van der Waals surface area contributed by atoms with Crippen molar-refractivity contribution in [2.24, 2.45) is 0 Å². The first-order chi connectivity index (χ1) is 23.9. The fourth-order valence-corrected chi connectivity index (χ4v) is 7.78. The van der Waals surface area contributed by atoms with E-state index >= 15 is 0 Å². The Morgan fingerprint density at radius 1 is 0.840 bits per heavy atom. The number of aromatic nitrogens is 2. The van der Waals surface area contributed by atoms with Gasteiger partial charge in [-0.05, 0) is 40.9 Å². The Balaban J connectivity index is 1.56. The molecule has 0 amide bonds. The highest BCUT2D eigenvalue weighted by atomic mass is 28.4. The monoisotopic (exact) mass is 686 g/mol. The molecule has 0 spiro atoms. The Labute approximate surface area is 295 Å². The largest absolute Gasteiger partial charge is 0.404 e. The molecule has 258 valence electrons. The molecule has 0 saturated carbocycles. The molecule has 8 nitrogen and oxygen atoms in total. The van der Waals surface area contributed by atoms with Crippen molar-refractivity contribution in [3.05, 3.63) is 166 Å². The van der Waals surface area contributed by atoms with Crippen LogP contribution >= 0.6 is 0 Å². The maximum absolute atomic E-state index is 14.7. The number of ketones is 1. The molecule has 50 heavy (non-hydrogen) atoms. The average Bonchev–Trinajstić information content (AvgIpc) is 3.53. The van der Waals surface area contributed by atoms with Gasteiger partial charge < -0.3 is 14.9 Å². The lowest BCUT2D eigenvalue weighted by atomic mass is 9.76. The summed E-state index contributed by atoms with van der Waals surface area (Å²) >= 11 is 0. The summed E-state index contributed by atoms with van der Waals surface area (Å²) in [6, 6.07) is 41.2. The van der Waals surface area contributed by atoms with Crippen molar-refractivity contribution in [3.8, 4) is 0 Å². The third-order valence-electron chi connectivity index (χ3n) is 10.2. The number of nitrogens with one attached hydrogen (secondary N) is 1. The molecule has 9 heteroatoms. The number of nitrogen functional groups attached to an aromatic ring is 1. The maximum Gasteiger partial charge on any atom is 0.351 e. The van der Waals surface area contributed by atoms with Crippen molar-refractivity contribution in [2.75, 3.05) is 5.73 Å². The summed E-state index contributed by atoms with van der Waals surface area (Å²) < 4.78 is 15.4. The number of anilines is 1. The molecule has 1 unspecified atom stereocenters. The summed E-state index contributed by atoms with van der Waals surface area (Å²) in [5, 5.41) is 3.88. The second-order valence-corrected chi connectivity index (χ2v) is 19.2. The first-order valence-corrected chi connectivity index (χ1v) is 20.0. The van der Waals surface area contributed by atoms with E-state index in [1.165, 1.54) is 4.57 Å². The van der Waals surface area contributed by atoms with Gasteiger partial charge in [-0.3, -0.25) is 14.7 Å². The van der Waals surface area contributed by atoms with Crippen LogP contribution in [0.2, 0.25) is 18.1 Å². The second-order valence-electron chi connectivity index (χ2n) is 14.5. The van der Waals surface area contributed by atoms with Gasteiger partial charge in [-0.25, -0.2) is 4.79 Å². The number of hydrogen-bond donors (Lipinski definition) is 2. The number of carbonyl (C=O) groups excluding carboxylic acids is 1. The standard InChI is InChI=1S/C41H46N4O4Si/c1-40(2,3)50(4,5)49-38(36(46)29-18-10-6-11-19-29)37-33(28-35(48-37)45-27-26-34(42)43-39(45)47)44-41(30-20-12-7-13-21-30,31-22-14-8-15-23-31)32-24-16-9-17-25-32/h6-27,33,35,37-38,44H,28H2,1-5H3,(H2,42,43,47)/t33-,35+,37-,38?/m0/s1. The van der Waals surface area contributed by atoms with E-state index in [2.05, 4.69) is 80.6 Å². The number of nitrogens with zero attached hydrogens (tertiary/aromatic N) is 2. The van der Waals surface area contributed by atoms with Crippen molar-refractivity contribution in [1.82, 2.24) is 14.9 Å². The number of nitrogens with two attached hydrogens (primary N) is 1. The van der Waals surface area contributed by atoms with Crippen LogP contribution in [0.5, 0.6) is 0 Å². The highest BCUT2D eigenvalue weighted by Crippen LogP contribution is 2.43. The van der Waals surface area contributed by atoms with Crippen LogP contribution in [0.15, 0.2) is 138 Å². The molecule has 4 atom stereocenters. The van der Waals surface area contributed by atoms with E-state index < -0.39 is 44.0 Å². The molecule has 1 aliphatic heterocycles. The first-order valence-electron chi connectivity index (χ1n) is 17.1. The van der Waals surface area contributed by atoms with Crippen LogP contribution in [0.3, 0.4) is 0 Å². The Morgan fingerprint density at radius 2 is 1.32 bits per heavy atom. The molecule has 0 aliphatic carbocycles. The van der Waals surface area contributed by atoms with Gasteiger partial charge in [0, 0.05) is 24.2 Å². The van der Waals surface area contributed by atoms with E-state index in [-0.39, 0.29) is 16.6 Å². The molecule has 1 saturated heterocycles. The summed E-state index contributed by atoms with van der Waals surface area (Å²) in [7, 11) is -2.56.